The topological polar surface area (TPSA) is 27.8 Å². The van der Waals surface area contributed by atoms with Gasteiger partial charge >= 0.3 is 0 Å². The summed E-state index contributed by atoms with van der Waals surface area (Å²) < 4.78 is 0. The predicted molar refractivity (Wildman–Crippen MR) is 61.2 cm³/mol. The number of nitrogens with one attached hydrogen (secondary N) is 2. The Morgan fingerprint density at radius 2 is 2.21 bits per heavy atom. The first-order chi connectivity index (χ1) is 6.79. The summed E-state index contributed by atoms with van der Waals surface area (Å²) in [5.41, 5.74) is 1.27. The van der Waals surface area contributed by atoms with Crippen LogP contribution in [0.2, 0.25) is 0 Å². The molecular formula is C12H22N2. The van der Waals surface area contributed by atoms with Crippen molar-refractivity contribution in [2.24, 2.45) is 5.92 Å². The molecule has 0 aromatic carbocycles. The molecule has 0 unspecified atom stereocenters. The minimum absolute atomic E-state index is 0.846. The van der Waals surface area contributed by atoms with E-state index in [1.165, 1.54) is 25.0 Å². The van der Waals surface area contributed by atoms with Crippen molar-refractivity contribution in [1.82, 2.24) is 10.3 Å². The Bertz CT molecular complexity index is 214. The van der Waals surface area contributed by atoms with Crippen LogP contribution in [0.5, 0.6) is 0 Å². The van der Waals surface area contributed by atoms with Crippen molar-refractivity contribution in [3.05, 3.63) is 24.0 Å². The fourth-order valence-corrected chi connectivity index (χ4v) is 1.50. The van der Waals surface area contributed by atoms with E-state index in [1.54, 1.807) is 0 Å². The van der Waals surface area contributed by atoms with Crippen molar-refractivity contribution in [2.45, 2.75) is 39.7 Å². The van der Waals surface area contributed by atoms with Crippen molar-refractivity contribution in [1.29, 1.82) is 0 Å². The molecular weight excluding hydrogens is 172 g/mol. The summed E-state index contributed by atoms with van der Waals surface area (Å²) in [7, 11) is 0. The van der Waals surface area contributed by atoms with Crippen LogP contribution in [0.1, 0.15) is 38.8 Å². The Labute approximate surface area is 87.1 Å². The summed E-state index contributed by atoms with van der Waals surface area (Å²) in [6.07, 6.45) is 5.95. The van der Waals surface area contributed by atoms with Crippen molar-refractivity contribution < 1.29 is 0 Å². The third-order valence-corrected chi connectivity index (χ3v) is 2.36. The largest absolute Gasteiger partial charge is 0.364 e. The van der Waals surface area contributed by atoms with Gasteiger partial charge in [-0.2, -0.15) is 0 Å². The maximum absolute atomic E-state index is 3.43. The number of H-pyrrole nitrogens is 1. The van der Waals surface area contributed by atoms with Crippen LogP contribution >= 0.6 is 0 Å². The molecule has 0 radical (unpaired) electrons. The van der Waals surface area contributed by atoms with Crippen molar-refractivity contribution in [3.8, 4) is 0 Å². The summed E-state index contributed by atoms with van der Waals surface area (Å²) in [5, 5.41) is 3.43. The Morgan fingerprint density at radius 3 is 2.86 bits per heavy atom. The minimum Gasteiger partial charge on any atom is -0.364 e. The van der Waals surface area contributed by atoms with E-state index in [-0.39, 0.29) is 0 Å². The van der Waals surface area contributed by atoms with E-state index in [1.807, 2.05) is 12.3 Å². The molecule has 0 spiro atoms. The van der Waals surface area contributed by atoms with Gasteiger partial charge in [-0.25, -0.2) is 0 Å². The SMILES string of the molecule is CC(C)CCCCNCc1ccc[nH]1. The second-order valence-corrected chi connectivity index (χ2v) is 4.26. The quantitative estimate of drug-likeness (QED) is 0.642. The van der Waals surface area contributed by atoms with Gasteiger partial charge in [0, 0.05) is 18.4 Å². The van der Waals surface area contributed by atoms with Crippen molar-refractivity contribution in [3.63, 3.8) is 0 Å². The molecule has 0 amide bonds. The monoisotopic (exact) mass is 194 g/mol. The third-order valence-electron chi connectivity index (χ3n) is 2.36. The van der Waals surface area contributed by atoms with E-state index >= 15 is 0 Å². The van der Waals surface area contributed by atoms with E-state index in [4.69, 9.17) is 0 Å². The Kier molecular flexibility index (Phi) is 5.38. The zero-order chi connectivity index (χ0) is 10.2. The third kappa shape index (κ3) is 5.07. The van der Waals surface area contributed by atoms with Crippen LogP contribution in [0.3, 0.4) is 0 Å². The maximum atomic E-state index is 3.43. The van der Waals surface area contributed by atoms with Gasteiger partial charge in [0.25, 0.3) is 0 Å². The lowest BCUT2D eigenvalue weighted by Gasteiger charge is -2.05. The van der Waals surface area contributed by atoms with Crippen LogP contribution < -0.4 is 5.32 Å². The van der Waals surface area contributed by atoms with Gasteiger partial charge in [0.05, 0.1) is 0 Å². The first-order valence-electron chi connectivity index (χ1n) is 5.62. The van der Waals surface area contributed by atoms with E-state index in [2.05, 4.69) is 30.2 Å². The molecule has 0 saturated heterocycles. The van der Waals surface area contributed by atoms with Crippen molar-refractivity contribution >= 4 is 0 Å². The Hall–Kier alpha value is -0.760. The number of hydrogen-bond acceptors (Lipinski definition) is 1. The highest BCUT2D eigenvalue weighted by Gasteiger charge is 1.94. The molecule has 2 nitrogen and oxygen atoms in total. The number of aromatic nitrogens is 1. The zero-order valence-electron chi connectivity index (χ0n) is 9.34. The fraction of sp³-hybridized carbons (Fsp3) is 0.667. The highest BCUT2D eigenvalue weighted by atomic mass is 14.9. The van der Waals surface area contributed by atoms with E-state index in [0.29, 0.717) is 0 Å². The molecule has 0 aliphatic heterocycles. The lowest BCUT2D eigenvalue weighted by molar-refractivity contribution is 0.519. The van der Waals surface area contributed by atoms with E-state index in [0.717, 1.165) is 19.0 Å². The molecule has 14 heavy (non-hydrogen) atoms. The van der Waals surface area contributed by atoms with Gasteiger partial charge in [-0.05, 0) is 31.0 Å². The molecule has 0 bridgehead atoms. The van der Waals surface area contributed by atoms with Gasteiger partial charge < -0.3 is 10.3 Å². The van der Waals surface area contributed by atoms with Crippen LogP contribution in [0.25, 0.3) is 0 Å². The molecule has 1 aromatic rings. The van der Waals surface area contributed by atoms with Crippen LogP contribution in [0.15, 0.2) is 18.3 Å². The standard InChI is InChI=1S/C12H22N2/c1-11(2)6-3-4-8-13-10-12-7-5-9-14-12/h5,7,9,11,13-14H,3-4,6,8,10H2,1-2H3. The summed E-state index contributed by atoms with van der Waals surface area (Å²) in [6, 6.07) is 4.15. The molecule has 0 saturated carbocycles. The fourth-order valence-electron chi connectivity index (χ4n) is 1.50. The molecule has 80 valence electrons. The maximum Gasteiger partial charge on any atom is 0.0357 e. The first-order valence-corrected chi connectivity index (χ1v) is 5.62. The van der Waals surface area contributed by atoms with E-state index in [9.17, 15) is 0 Å². The summed E-state index contributed by atoms with van der Waals surface area (Å²) >= 11 is 0. The molecule has 0 fully saturated rings. The zero-order valence-corrected chi connectivity index (χ0v) is 9.34. The Morgan fingerprint density at radius 1 is 1.36 bits per heavy atom. The smallest absolute Gasteiger partial charge is 0.0357 e. The van der Waals surface area contributed by atoms with Crippen LogP contribution in [0, 0.1) is 5.92 Å². The second kappa shape index (κ2) is 6.66. The molecule has 1 heterocycles. The lowest BCUT2D eigenvalue weighted by atomic mass is 10.1. The van der Waals surface area contributed by atoms with Crippen LogP contribution in [-0.2, 0) is 6.54 Å². The Balaban J connectivity index is 1.90. The van der Waals surface area contributed by atoms with Gasteiger partial charge in [-0.3, -0.25) is 0 Å². The molecule has 0 atom stereocenters. The number of rotatable bonds is 7. The second-order valence-electron chi connectivity index (χ2n) is 4.26. The first kappa shape index (κ1) is 11.3. The summed E-state index contributed by atoms with van der Waals surface area (Å²) in [4.78, 5) is 3.18. The molecule has 1 aromatic heterocycles. The number of aromatic amines is 1. The molecule has 1 rings (SSSR count). The highest BCUT2D eigenvalue weighted by molar-refractivity contribution is 5.02. The number of hydrogen-bond donors (Lipinski definition) is 2. The predicted octanol–water partition coefficient (Wildman–Crippen LogP) is 2.93. The summed E-state index contributed by atoms with van der Waals surface area (Å²) in [6.45, 7) is 6.67. The molecule has 2 N–H and O–H groups in total. The lowest BCUT2D eigenvalue weighted by Crippen LogP contribution is -2.14. The van der Waals surface area contributed by atoms with Gasteiger partial charge in [0.1, 0.15) is 0 Å². The average Bonchev–Trinajstić information content (AvgIpc) is 2.63. The molecule has 2 heteroatoms. The van der Waals surface area contributed by atoms with Gasteiger partial charge in [-0.15, -0.1) is 0 Å². The van der Waals surface area contributed by atoms with Crippen molar-refractivity contribution in [2.75, 3.05) is 6.54 Å². The summed E-state index contributed by atoms with van der Waals surface area (Å²) in [5.74, 6) is 0.846. The number of unbranched alkanes of at least 4 members (excludes halogenated alkanes) is 1. The highest BCUT2D eigenvalue weighted by Crippen LogP contribution is 2.05. The van der Waals surface area contributed by atoms with Crippen LogP contribution in [0.4, 0.5) is 0 Å². The normalized spacial score (nSPS) is 11.1. The average molecular weight is 194 g/mol. The van der Waals surface area contributed by atoms with Gasteiger partial charge in [0.15, 0.2) is 0 Å². The minimum atomic E-state index is 0.846. The molecule has 0 aliphatic rings. The van der Waals surface area contributed by atoms with E-state index < -0.39 is 0 Å². The van der Waals surface area contributed by atoms with Crippen LogP contribution in [-0.4, -0.2) is 11.5 Å². The van der Waals surface area contributed by atoms with Gasteiger partial charge in [-0.1, -0.05) is 26.7 Å². The van der Waals surface area contributed by atoms with Gasteiger partial charge in [0.2, 0.25) is 0 Å². The molecule has 0 aliphatic carbocycles.